The van der Waals surface area contributed by atoms with Gasteiger partial charge in [-0.3, -0.25) is 4.79 Å². The van der Waals surface area contributed by atoms with Gasteiger partial charge in [-0.05, 0) is 83.5 Å². The van der Waals surface area contributed by atoms with Crippen LogP contribution in [0.3, 0.4) is 0 Å². The molecule has 0 spiro atoms. The Morgan fingerprint density at radius 3 is 1.48 bits per heavy atom. The molecule has 6 N–H and O–H groups in total. The van der Waals surface area contributed by atoms with Crippen LogP contribution in [0, 0.1) is 0 Å². The van der Waals surface area contributed by atoms with Gasteiger partial charge in [-0.2, -0.15) is 0 Å². The number of hydrogen-bond donors (Lipinski definition) is 6. The highest BCUT2D eigenvalue weighted by Gasteiger charge is 2.44. The van der Waals surface area contributed by atoms with E-state index in [4.69, 9.17) is 9.47 Å². The Morgan fingerprint density at radius 1 is 0.538 bits per heavy atom. The van der Waals surface area contributed by atoms with Crippen molar-refractivity contribution in [3.8, 4) is 0 Å². The SMILES string of the molecule is CC/C=C\C/C=C\C/C=C\C/C=C\C/C=C\C/C=C\CCCCCCCCCCCCC(=O)NC(COC1OC(CO)C(O)C(O)C1O)C(O)/C=C/CC/C=C/CCCCCCCCC. The second kappa shape index (κ2) is 44.9. The molecule has 0 bridgehead atoms. The number of aliphatic hydroxyl groups is 5. The molecule has 0 aromatic heterocycles. The smallest absolute Gasteiger partial charge is 0.220 e. The number of nitrogens with one attached hydrogen (secondary N) is 1. The number of allylic oxidation sites excluding steroid dienone is 15. The number of ether oxygens (including phenoxy) is 2. The van der Waals surface area contributed by atoms with Gasteiger partial charge in [-0.15, -0.1) is 0 Å². The lowest BCUT2D eigenvalue weighted by atomic mass is 9.99. The molecule has 1 fully saturated rings. The van der Waals surface area contributed by atoms with Crippen LogP contribution in [-0.4, -0.2) is 87.5 Å². The first-order chi connectivity index (χ1) is 31.8. The Kier molecular flexibility index (Phi) is 41.6. The number of amides is 1. The molecule has 7 atom stereocenters. The second-order valence-corrected chi connectivity index (χ2v) is 17.6. The van der Waals surface area contributed by atoms with Crippen LogP contribution in [0.4, 0.5) is 0 Å². The molecule has 1 heterocycles. The lowest BCUT2D eigenvalue weighted by molar-refractivity contribution is -0.302. The fourth-order valence-corrected chi connectivity index (χ4v) is 7.53. The van der Waals surface area contributed by atoms with E-state index in [1.807, 2.05) is 6.08 Å². The summed E-state index contributed by atoms with van der Waals surface area (Å²) in [6, 6.07) is -0.829. The summed E-state index contributed by atoms with van der Waals surface area (Å²) in [5.74, 6) is -0.197. The maximum Gasteiger partial charge on any atom is 0.220 e. The number of unbranched alkanes of at least 4 members (excludes halogenated alkanes) is 18. The number of rotatable bonds is 42. The molecule has 0 saturated carbocycles. The molecule has 0 aromatic carbocycles. The predicted octanol–water partition coefficient (Wildman–Crippen LogP) is 12.1. The molecular formula is C56H95NO8. The maximum absolute atomic E-state index is 13.0. The van der Waals surface area contributed by atoms with Crippen LogP contribution in [0.15, 0.2) is 97.2 Å². The zero-order valence-corrected chi connectivity index (χ0v) is 41.0. The fourth-order valence-electron chi connectivity index (χ4n) is 7.53. The van der Waals surface area contributed by atoms with Gasteiger partial charge in [-0.25, -0.2) is 0 Å². The summed E-state index contributed by atoms with van der Waals surface area (Å²) < 4.78 is 11.2. The first-order valence-corrected chi connectivity index (χ1v) is 26.0. The minimum atomic E-state index is -1.58. The van der Waals surface area contributed by atoms with Gasteiger partial charge in [0.05, 0.1) is 25.4 Å². The van der Waals surface area contributed by atoms with Crippen molar-refractivity contribution in [1.82, 2.24) is 5.32 Å². The molecular weight excluding hydrogens is 815 g/mol. The van der Waals surface area contributed by atoms with Crippen LogP contribution in [-0.2, 0) is 14.3 Å². The molecule has 372 valence electrons. The van der Waals surface area contributed by atoms with Crippen molar-refractivity contribution in [2.24, 2.45) is 0 Å². The molecule has 0 aliphatic carbocycles. The minimum absolute atomic E-state index is 0.197. The van der Waals surface area contributed by atoms with Crippen molar-refractivity contribution in [1.29, 1.82) is 0 Å². The van der Waals surface area contributed by atoms with Gasteiger partial charge in [-0.1, -0.05) is 201 Å². The Bertz CT molecular complexity index is 1330. The molecule has 0 aromatic rings. The van der Waals surface area contributed by atoms with E-state index in [-0.39, 0.29) is 12.5 Å². The minimum Gasteiger partial charge on any atom is -0.394 e. The Labute approximate surface area is 396 Å². The topological polar surface area (TPSA) is 149 Å². The molecule has 65 heavy (non-hydrogen) atoms. The molecule has 9 nitrogen and oxygen atoms in total. The Morgan fingerprint density at radius 2 is 0.969 bits per heavy atom. The highest BCUT2D eigenvalue weighted by Crippen LogP contribution is 2.22. The quantitative estimate of drug-likeness (QED) is 0.0262. The summed E-state index contributed by atoms with van der Waals surface area (Å²) in [5, 5.41) is 54.3. The third-order valence-electron chi connectivity index (χ3n) is 11.6. The van der Waals surface area contributed by atoms with Gasteiger partial charge in [0, 0.05) is 6.42 Å². The van der Waals surface area contributed by atoms with E-state index >= 15 is 0 Å². The van der Waals surface area contributed by atoms with E-state index in [1.165, 1.54) is 83.5 Å². The summed E-state index contributed by atoms with van der Waals surface area (Å²) in [7, 11) is 0. The highest BCUT2D eigenvalue weighted by molar-refractivity contribution is 5.76. The zero-order valence-electron chi connectivity index (χ0n) is 41.0. The van der Waals surface area contributed by atoms with Gasteiger partial charge in [0.15, 0.2) is 6.29 Å². The molecule has 1 amide bonds. The van der Waals surface area contributed by atoms with Crippen molar-refractivity contribution < 1.29 is 39.8 Å². The molecule has 1 saturated heterocycles. The summed E-state index contributed by atoms with van der Waals surface area (Å²) in [4.78, 5) is 13.0. The summed E-state index contributed by atoms with van der Waals surface area (Å²) in [6.45, 7) is 3.62. The predicted molar refractivity (Wildman–Crippen MR) is 271 cm³/mol. The number of aliphatic hydroxyl groups excluding tert-OH is 5. The molecule has 9 heteroatoms. The van der Waals surface area contributed by atoms with Gasteiger partial charge in [0.25, 0.3) is 0 Å². The van der Waals surface area contributed by atoms with Gasteiger partial charge in [0.2, 0.25) is 5.91 Å². The van der Waals surface area contributed by atoms with E-state index in [0.29, 0.717) is 6.42 Å². The standard InChI is InChI=1S/C56H95NO8/c1-3-5-7-9-11-13-15-17-18-19-20-21-22-23-24-25-26-27-28-29-30-31-32-34-36-38-40-42-44-46-52(60)57-49(48-64-56-55(63)54(62)53(61)51(47-58)65-56)50(59)45-43-41-39-37-35-33-16-14-12-10-8-6-4-2/h5,7,11,13,17-18,20-21,23-24,26-27,35,37,43,45,49-51,53-56,58-59,61-63H,3-4,6,8-10,12,14-16,19,22,25,28-34,36,38-42,44,46-48H2,1-2H3,(H,57,60)/b7-5-,13-11-,18-17-,21-20-,24-23-,27-26-,37-35+,45-43+. The van der Waals surface area contributed by atoms with Crippen molar-refractivity contribution in [3.63, 3.8) is 0 Å². The van der Waals surface area contributed by atoms with Crippen LogP contribution in [0.25, 0.3) is 0 Å². The van der Waals surface area contributed by atoms with E-state index < -0.39 is 49.5 Å². The zero-order chi connectivity index (χ0) is 47.3. The van der Waals surface area contributed by atoms with Gasteiger partial charge < -0.3 is 40.3 Å². The Hall–Kier alpha value is -2.89. The largest absolute Gasteiger partial charge is 0.394 e. The van der Waals surface area contributed by atoms with Crippen molar-refractivity contribution in [2.75, 3.05) is 13.2 Å². The molecule has 1 aliphatic heterocycles. The number of carbonyl (C=O) groups is 1. The number of carbonyl (C=O) groups excluding carboxylic acids is 1. The monoisotopic (exact) mass is 910 g/mol. The normalized spacial score (nSPS) is 20.8. The van der Waals surface area contributed by atoms with E-state index in [1.54, 1.807) is 6.08 Å². The first kappa shape index (κ1) is 60.1. The van der Waals surface area contributed by atoms with Gasteiger partial charge in [0.1, 0.15) is 24.4 Å². The average molecular weight is 910 g/mol. The van der Waals surface area contributed by atoms with Crippen LogP contribution < -0.4 is 5.32 Å². The average Bonchev–Trinajstić information content (AvgIpc) is 3.31. The fraction of sp³-hybridized carbons (Fsp3) is 0.696. The lowest BCUT2D eigenvalue weighted by Gasteiger charge is -2.40. The molecule has 0 radical (unpaired) electrons. The number of hydrogen-bond acceptors (Lipinski definition) is 8. The van der Waals surface area contributed by atoms with E-state index in [2.05, 4.69) is 104 Å². The van der Waals surface area contributed by atoms with Crippen LogP contribution in [0.5, 0.6) is 0 Å². The molecule has 1 rings (SSSR count). The Balaban J connectivity index is 2.25. The van der Waals surface area contributed by atoms with Crippen LogP contribution in [0.2, 0.25) is 0 Å². The second-order valence-electron chi connectivity index (χ2n) is 17.6. The third kappa shape index (κ3) is 35.0. The van der Waals surface area contributed by atoms with Crippen molar-refractivity contribution in [3.05, 3.63) is 97.2 Å². The summed E-state index contributed by atoms with van der Waals surface area (Å²) in [6.07, 6.45) is 57.5. The molecule has 7 unspecified atom stereocenters. The van der Waals surface area contributed by atoms with E-state index in [0.717, 1.165) is 89.9 Å². The first-order valence-electron chi connectivity index (χ1n) is 26.0. The summed E-state index contributed by atoms with van der Waals surface area (Å²) >= 11 is 0. The van der Waals surface area contributed by atoms with E-state index in [9.17, 15) is 30.3 Å². The van der Waals surface area contributed by atoms with Crippen LogP contribution in [0.1, 0.15) is 194 Å². The van der Waals surface area contributed by atoms with Crippen LogP contribution >= 0.6 is 0 Å². The van der Waals surface area contributed by atoms with Crippen molar-refractivity contribution in [2.45, 2.75) is 236 Å². The lowest BCUT2D eigenvalue weighted by Crippen LogP contribution is -2.60. The third-order valence-corrected chi connectivity index (χ3v) is 11.6. The van der Waals surface area contributed by atoms with Crippen molar-refractivity contribution >= 4 is 5.91 Å². The highest BCUT2D eigenvalue weighted by atomic mass is 16.7. The summed E-state index contributed by atoms with van der Waals surface area (Å²) in [5.41, 5.74) is 0. The maximum atomic E-state index is 13.0. The van der Waals surface area contributed by atoms with Gasteiger partial charge >= 0.3 is 0 Å². The molecule has 1 aliphatic rings.